The van der Waals surface area contributed by atoms with Crippen LogP contribution in [0.2, 0.25) is 0 Å². The Balaban J connectivity index is 0.00000225. The van der Waals surface area contributed by atoms with E-state index in [0.717, 1.165) is 18.8 Å². The van der Waals surface area contributed by atoms with Gasteiger partial charge in [0.25, 0.3) is 0 Å². The first-order valence-corrected chi connectivity index (χ1v) is 5.71. The molecule has 1 aromatic rings. The summed E-state index contributed by atoms with van der Waals surface area (Å²) in [5, 5.41) is 3.43. The van der Waals surface area contributed by atoms with Crippen molar-refractivity contribution in [3.63, 3.8) is 0 Å². The maximum atomic E-state index is 5.28. The van der Waals surface area contributed by atoms with Gasteiger partial charge < -0.3 is 10.1 Å². The second kappa shape index (κ2) is 9.49. The van der Waals surface area contributed by atoms with Gasteiger partial charge in [-0.3, -0.25) is 0 Å². The predicted molar refractivity (Wildman–Crippen MR) is 71.5 cm³/mol. The van der Waals surface area contributed by atoms with E-state index < -0.39 is 0 Å². The normalized spacial score (nSPS) is 9.62. The van der Waals surface area contributed by atoms with Gasteiger partial charge in [0.15, 0.2) is 0 Å². The number of unbranched alkanes of at least 4 members (excludes halogenated alkanes) is 2. The van der Waals surface area contributed by atoms with Gasteiger partial charge in [0.05, 0.1) is 7.11 Å². The minimum atomic E-state index is 0. The Bertz CT molecular complexity index is 278. The number of para-hydroxylation sites is 1. The highest BCUT2D eigenvalue weighted by Gasteiger charge is 1.99. The first-order valence-electron chi connectivity index (χ1n) is 5.71. The predicted octanol–water partition coefficient (Wildman–Crippen LogP) is 3.40. The largest absolute Gasteiger partial charge is 0.496 e. The van der Waals surface area contributed by atoms with E-state index in [-0.39, 0.29) is 12.4 Å². The second-order valence-corrected chi connectivity index (χ2v) is 3.70. The van der Waals surface area contributed by atoms with Crippen molar-refractivity contribution in [3.8, 4) is 5.75 Å². The minimum Gasteiger partial charge on any atom is -0.496 e. The Morgan fingerprint density at radius 2 is 1.94 bits per heavy atom. The standard InChI is InChI=1S/C13H21NO.ClH/c1-3-4-7-10-14-11-12-8-5-6-9-13(12)15-2;/h5-6,8-9,14H,3-4,7,10-11H2,1-2H3;1H. The summed E-state index contributed by atoms with van der Waals surface area (Å²) in [5.41, 5.74) is 1.23. The molecule has 0 saturated heterocycles. The molecular formula is C13H22ClNO. The summed E-state index contributed by atoms with van der Waals surface area (Å²) in [4.78, 5) is 0. The number of rotatable bonds is 7. The zero-order valence-electron chi connectivity index (χ0n) is 10.2. The molecule has 0 amide bonds. The van der Waals surface area contributed by atoms with Gasteiger partial charge in [-0.2, -0.15) is 0 Å². The maximum absolute atomic E-state index is 5.28. The molecule has 0 fully saturated rings. The van der Waals surface area contributed by atoms with Crippen LogP contribution in [0.25, 0.3) is 0 Å². The Labute approximate surface area is 105 Å². The van der Waals surface area contributed by atoms with Crippen molar-refractivity contribution in [2.45, 2.75) is 32.7 Å². The average molecular weight is 244 g/mol. The third kappa shape index (κ3) is 5.38. The molecule has 3 heteroatoms. The van der Waals surface area contributed by atoms with Crippen molar-refractivity contribution in [1.29, 1.82) is 0 Å². The molecule has 0 aliphatic rings. The Kier molecular flexibility index (Phi) is 9.06. The maximum Gasteiger partial charge on any atom is 0.123 e. The highest BCUT2D eigenvalue weighted by molar-refractivity contribution is 5.85. The van der Waals surface area contributed by atoms with Crippen LogP contribution in [0.3, 0.4) is 0 Å². The molecule has 0 unspecified atom stereocenters. The molecule has 1 aromatic carbocycles. The molecule has 0 radical (unpaired) electrons. The quantitative estimate of drug-likeness (QED) is 0.742. The van der Waals surface area contributed by atoms with Gasteiger partial charge in [0.1, 0.15) is 5.75 Å². The van der Waals surface area contributed by atoms with Gasteiger partial charge in [-0.1, -0.05) is 38.0 Å². The van der Waals surface area contributed by atoms with Crippen LogP contribution >= 0.6 is 12.4 Å². The van der Waals surface area contributed by atoms with E-state index in [1.54, 1.807) is 7.11 Å². The Morgan fingerprint density at radius 3 is 2.62 bits per heavy atom. The summed E-state index contributed by atoms with van der Waals surface area (Å²) < 4.78 is 5.28. The molecule has 1 N–H and O–H groups in total. The van der Waals surface area contributed by atoms with Crippen LogP contribution in [0, 0.1) is 0 Å². The molecule has 0 aliphatic carbocycles. The molecule has 0 saturated carbocycles. The Hall–Kier alpha value is -0.730. The number of nitrogens with one attached hydrogen (secondary N) is 1. The van der Waals surface area contributed by atoms with E-state index in [0.29, 0.717) is 0 Å². The lowest BCUT2D eigenvalue weighted by molar-refractivity contribution is 0.407. The second-order valence-electron chi connectivity index (χ2n) is 3.70. The van der Waals surface area contributed by atoms with Crippen LogP contribution in [-0.4, -0.2) is 13.7 Å². The van der Waals surface area contributed by atoms with Crippen LogP contribution in [0.1, 0.15) is 31.7 Å². The molecule has 2 nitrogen and oxygen atoms in total. The molecule has 0 spiro atoms. The Morgan fingerprint density at radius 1 is 1.19 bits per heavy atom. The number of ether oxygens (including phenoxy) is 1. The zero-order valence-corrected chi connectivity index (χ0v) is 11.0. The third-order valence-electron chi connectivity index (χ3n) is 2.47. The van der Waals surface area contributed by atoms with E-state index in [1.807, 2.05) is 18.2 Å². The zero-order chi connectivity index (χ0) is 10.9. The lowest BCUT2D eigenvalue weighted by Gasteiger charge is -2.08. The molecule has 0 heterocycles. The summed E-state index contributed by atoms with van der Waals surface area (Å²) in [6, 6.07) is 8.15. The van der Waals surface area contributed by atoms with Gasteiger partial charge >= 0.3 is 0 Å². The lowest BCUT2D eigenvalue weighted by Crippen LogP contribution is -2.15. The van der Waals surface area contributed by atoms with Crippen LogP contribution in [0.5, 0.6) is 5.75 Å². The molecule has 0 aromatic heterocycles. The molecule has 1 rings (SSSR count). The average Bonchev–Trinajstić information content (AvgIpc) is 2.29. The monoisotopic (exact) mass is 243 g/mol. The molecule has 0 aliphatic heterocycles. The fourth-order valence-corrected chi connectivity index (χ4v) is 1.57. The summed E-state index contributed by atoms with van der Waals surface area (Å²) in [6.45, 7) is 4.21. The number of halogens is 1. The van der Waals surface area contributed by atoms with Crippen molar-refractivity contribution in [1.82, 2.24) is 5.32 Å². The number of hydrogen-bond donors (Lipinski definition) is 1. The van der Waals surface area contributed by atoms with Crippen molar-refractivity contribution in [3.05, 3.63) is 29.8 Å². The first kappa shape index (κ1) is 15.3. The summed E-state index contributed by atoms with van der Waals surface area (Å²) in [7, 11) is 1.72. The van der Waals surface area contributed by atoms with Crippen molar-refractivity contribution < 1.29 is 4.74 Å². The third-order valence-corrected chi connectivity index (χ3v) is 2.47. The van der Waals surface area contributed by atoms with Crippen molar-refractivity contribution in [2.75, 3.05) is 13.7 Å². The van der Waals surface area contributed by atoms with Gasteiger partial charge in [-0.05, 0) is 19.0 Å². The summed E-state index contributed by atoms with van der Waals surface area (Å²) in [5.74, 6) is 0.973. The molecule has 16 heavy (non-hydrogen) atoms. The van der Waals surface area contributed by atoms with E-state index in [9.17, 15) is 0 Å². The van der Waals surface area contributed by atoms with Crippen molar-refractivity contribution in [2.24, 2.45) is 0 Å². The number of benzene rings is 1. The van der Waals surface area contributed by atoms with E-state index in [2.05, 4.69) is 18.3 Å². The fourth-order valence-electron chi connectivity index (χ4n) is 1.57. The van der Waals surface area contributed by atoms with Crippen LogP contribution in [0.15, 0.2) is 24.3 Å². The van der Waals surface area contributed by atoms with E-state index in [1.165, 1.54) is 24.8 Å². The van der Waals surface area contributed by atoms with Crippen LogP contribution < -0.4 is 10.1 Å². The summed E-state index contributed by atoms with van der Waals surface area (Å²) >= 11 is 0. The molecule has 0 bridgehead atoms. The van der Waals surface area contributed by atoms with Crippen LogP contribution in [-0.2, 0) is 6.54 Å². The van der Waals surface area contributed by atoms with E-state index >= 15 is 0 Å². The minimum absolute atomic E-state index is 0. The number of methoxy groups -OCH3 is 1. The van der Waals surface area contributed by atoms with Gasteiger partial charge in [-0.25, -0.2) is 0 Å². The number of hydrogen-bond acceptors (Lipinski definition) is 2. The first-order chi connectivity index (χ1) is 7.38. The molecule has 0 atom stereocenters. The van der Waals surface area contributed by atoms with Gasteiger partial charge in [-0.15, -0.1) is 12.4 Å². The highest BCUT2D eigenvalue weighted by atomic mass is 35.5. The summed E-state index contributed by atoms with van der Waals surface area (Å²) in [6.07, 6.45) is 3.83. The highest BCUT2D eigenvalue weighted by Crippen LogP contribution is 2.16. The van der Waals surface area contributed by atoms with Crippen molar-refractivity contribution >= 4 is 12.4 Å². The van der Waals surface area contributed by atoms with Gasteiger partial charge in [0.2, 0.25) is 0 Å². The van der Waals surface area contributed by atoms with E-state index in [4.69, 9.17) is 4.74 Å². The molecule has 92 valence electrons. The SMILES string of the molecule is CCCCCNCc1ccccc1OC.Cl. The smallest absolute Gasteiger partial charge is 0.123 e. The van der Waals surface area contributed by atoms with Crippen LogP contribution in [0.4, 0.5) is 0 Å². The molecular weight excluding hydrogens is 222 g/mol. The van der Waals surface area contributed by atoms with Gasteiger partial charge in [0, 0.05) is 12.1 Å². The fraction of sp³-hybridized carbons (Fsp3) is 0.538. The lowest BCUT2D eigenvalue weighted by atomic mass is 10.2. The topological polar surface area (TPSA) is 21.3 Å².